The second-order valence-electron chi connectivity index (χ2n) is 4.91. The Kier molecular flexibility index (Phi) is 2.50. The van der Waals surface area contributed by atoms with Crippen LogP contribution >= 0.6 is 0 Å². The Hall–Kier alpha value is -0.460. The maximum atomic E-state index is 5.61. The maximum Gasteiger partial charge on any atom is 0.0918 e. The van der Waals surface area contributed by atoms with Crippen LogP contribution in [0.2, 0.25) is 0 Å². The molecular formula is C11H20O. The van der Waals surface area contributed by atoms with Crippen molar-refractivity contribution in [3.05, 3.63) is 11.3 Å². The molecule has 0 radical (unpaired) electrons. The molecule has 0 spiro atoms. The van der Waals surface area contributed by atoms with Gasteiger partial charge in [0.1, 0.15) is 0 Å². The van der Waals surface area contributed by atoms with Crippen LogP contribution in [0, 0.1) is 11.3 Å². The van der Waals surface area contributed by atoms with Crippen LogP contribution in [-0.4, -0.2) is 6.61 Å². The molecule has 0 aromatic heterocycles. The minimum atomic E-state index is 0.377. The first-order chi connectivity index (χ1) is 5.41. The number of rotatable bonds is 0. The summed E-state index contributed by atoms with van der Waals surface area (Å²) < 4.78 is 5.61. The number of allylic oxidation sites excluding steroid dienone is 2. The molecule has 70 valence electrons. The first-order valence-electron chi connectivity index (χ1n) is 4.70. The van der Waals surface area contributed by atoms with Gasteiger partial charge in [-0.3, -0.25) is 0 Å². The van der Waals surface area contributed by atoms with Gasteiger partial charge in [0.15, 0.2) is 0 Å². The van der Waals surface area contributed by atoms with Gasteiger partial charge in [0, 0.05) is 5.92 Å². The minimum Gasteiger partial charge on any atom is -0.498 e. The van der Waals surface area contributed by atoms with E-state index in [9.17, 15) is 0 Å². The molecule has 0 bridgehead atoms. The second kappa shape index (κ2) is 3.12. The lowest BCUT2D eigenvalue weighted by atomic mass is 9.77. The molecule has 0 aliphatic carbocycles. The van der Waals surface area contributed by atoms with Crippen LogP contribution in [0.4, 0.5) is 0 Å². The van der Waals surface area contributed by atoms with E-state index in [1.807, 2.05) is 0 Å². The molecule has 0 fully saturated rings. The zero-order valence-corrected chi connectivity index (χ0v) is 8.90. The molecule has 1 unspecified atom stereocenters. The summed E-state index contributed by atoms with van der Waals surface area (Å²) in [7, 11) is 0. The lowest BCUT2D eigenvalue weighted by Gasteiger charge is -2.34. The molecule has 0 amide bonds. The average Bonchev–Trinajstić information content (AvgIpc) is 1.92. The summed E-state index contributed by atoms with van der Waals surface area (Å²) in [6.45, 7) is 12.0. The Morgan fingerprint density at radius 3 is 2.25 bits per heavy atom. The standard InChI is InChI=1S/C11H20O/c1-8-6-10(11(3,4)5)7-12-9(8)2/h10H,6-7H2,1-5H3. The van der Waals surface area contributed by atoms with E-state index in [1.54, 1.807) is 0 Å². The van der Waals surface area contributed by atoms with Crippen LogP contribution in [-0.2, 0) is 4.74 Å². The van der Waals surface area contributed by atoms with E-state index in [2.05, 4.69) is 34.6 Å². The van der Waals surface area contributed by atoms with E-state index in [4.69, 9.17) is 4.74 Å². The summed E-state index contributed by atoms with van der Waals surface area (Å²) >= 11 is 0. The fraction of sp³-hybridized carbons (Fsp3) is 0.818. The van der Waals surface area contributed by atoms with Crippen molar-refractivity contribution in [2.24, 2.45) is 11.3 Å². The summed E-state index contributed by atoms with van der Waals surface area (Å²) in [5.41, 5.74) is 1.79. The number of hydrogen-bond donors (Lipinski definition) is 0. The molecule has 0 aromatic carbocycles. The van der Waals surface area contributed by atoms with E-state index in [0.29, 0.717) is 11.3 Å². The van der Waals surface area contributed by atoms with E-state index in [1.165, 1.54) is 12.0 Å². The molecule has 1 rings (SSSR count). The zero-order chi connectivity index (χ0) is 9.35. The summed E-state index contributed by atoms with van der Waals surface area (Å²) in [6, 6.07) is 0. The van der Waals surface area contributed by atoms with E-state index in [-0.39, 0.29) is 0 Å². The topological polar surface area (TPSA) is 9.23 Å². The molecule has 1 aliphatic rings. The van der Waals surface area contributed by atoms with Crippen LogP contribution in [0.15, 0.2) is 11.3 Å². The number of hydrogen-bond acceptors (Lipinski definition) is 1. The van der Waals surface area contributed by atoms with Gasteiger partial charge in [-0.15, -0.1) is 0 Å². The van der Waals surface area contributed by atoms with Gasteiger partial charge in [-0.05, 0) is 31.3 Å². The van der Waals surface area contributed by atoms with Gasteiger partial charge >= 0.3 is 0 Å². The molecule has 12 heavy (non-hydrogen) atoms. The van der Waals surface area contributed by atoms with Gasteiger partial charge < -0.3 is 4.74 Å². The predicted molar refractivity (Wildman–Crippen MR) is 51.9 cm³/mol. The largest absolute Gasteiger partial charge is 0.498 e. The molecule has 1 atom stereocenters. The van der Waals surface area contributed by atoms with Crippen molar-refractivity contribution in [3.8, 4) is 0 Å². The van der Waals surface area contributed by atoms with Crippen molar-refractivity contribution >= 4 is 0 Å². The Morgan fingerprint density at radius 2 is 1.83 bits per heavy atom. The molecule has 0 N–H and O–H groups in total. The molecular weight excluding hydrogens is 148 g/mol. The highest BCUT2D eigenvalue weighted by molar-refractivity contribution is 5.08. The van der Waals surface area contributed by atoms with E-state index >= 15 is 0 Å². The van der Waals surface area contributed by atoms with E-state index < -0.39 is 0 Å². The monoisotopic (exact) mass is 168 g/mol. The molecule has 1 nitrogen and oxygen atoms in total. The Labute approximate surface area is 75.8 Å². The molecule has 0 saturated carbocycles. The van der Waals surface area contributed by atoms with Crippen molar-refractivity contribution in [3.63, 3.8) is 0 Å². The van der Waals surface area contributed by atoms with Crippen LogP contribution in [0.1, 0.15) is 41.0 Å². The molecule has 1 heteroatoms. The summed E-state index contributed by atoms with van der Waals surface area (Å²) in [6.07, 6.45) is 1.20. The minimum absolute atomic E-state index is 0.377. The van der Waals surface area contributed by atoms with Crippen molar-refractivity contribution in [1.29, 1.82) is 0 Å². The van der Waals surface area contributed by atoms with Gasteiger partial charge in [-0.25, -0.2) is 0 Å². The highest BCUT2D eigenvalue weighted by Crippen LogP contribution is 2.35. The Morgan fingerprint density at radius 1 is 1.25 bits per heavy atom. The molecule has 1 heterocycles. The van der Waals surface area contributed by atoms with Crippen LogP contribution < -0.4 is 0 Å². The average molecular weight is 168 g/mol. The van der Waals surface area contributed by atoms with Gasteiger partial charge in [0.25, 0.3) is 0 Å². The van der Waals surface area contributed by atoms with Crippen LogP contribution in [0.5, 0.6) is 0 Å². The molecule has 0 saturated heterocycles. The summed E-state index contributed by atoms with van der Waals surface area (Å²) in [5.74, 6) is 1.82. The van der Waals surface area contributed by atoms with Crippen molar-refractivity contribution < 1.29 is 4.74 Å². The maximum absolute atomic E-state index is 5.61. The van der Waals surface area contributed by atoms with Gasteiger partial charge in [-0.1, -0.05) is 20.8 Å². The molecule has 1 aliphatic heterocycles. The lowest BCUT2D eigenvalue weighted by molar-refractivity contribution is 0.0783. The second-order valence-corrected chi connectivity index (χ2v) is 4.91. The first kappa shape index (κ1) is 9.63. The van der Waals surface area contributed by atoms with Crippen LogP contribution in [0.3, 0.4) is 0 Å². The highest BCUT2D eigenvalue weighted by atomic mass is 16.5. The highest BCUT2D eigenvalue weighted by Gasteiger charge is 2.28. The fourth-order valence-electron chi connectivity index (χ4n) is 1.48. The SMILES string of the molecule is CC1=C(C)OCC(C(C)(C)C)C1. The Bertz CT molecular complexity index is 196. The van der Waals surface area contributed by atoms with Gasteiger partial charge in [0.2, 0.25) is 0 Å². The van der Waals surface area contributed by atoms with Gasteiger partial charge in [-0.2, -0.15) is 0 Å². The third-order valence-electron chi connectivity index (χ3n) is 2.88. The third-order valence-corrected chi connectivity index (χ3v) is 2.88. The van der Waals surface area contributed by atoms with Crippen molar-refractivity contribution in [2.75, 3.05) is 6.61 Å². The predicted octanol–water partition coefficient (Wildman–Crippen LogP) is 3.36. The zero-order valence-electron chi connectivity index (χ0n) is 8.90. The van der Waals surface area contributed by atoms with Crippen molar-refractivity contribution in [1.82, 2.24) is 0 Å². The molecule has 0 aromatic rings. The quantitative estimate of drug-likeness (QED) is 0.539. The lowest BCUT2D eigenvalue weighted by Crippen LogP contribution is -2.28. The first-order valence-corrected chi connectivity index (χ1v) is 4.70. The smallest absolute Gasteiger partial charge is 0.0918 e. The third kappa shape index (κ3) is 2.02. The van der Waals surface area contributed by atoms with E-state index in [0.717, 1.165) is 12.4 Å². The number of ether oxygens (including phenoxy) is 1. The Balaban J connectivity index is 2.67. The normalized spacial score (nSPS) is 25.6. The van der Waals surface area contributed by atoms with Crippen molar-refractivity contribution in [2.45, 2.75) is 41.0 Å². The summed E-state index contributed by atoms with van der Waals surface area (Å²) in [4.78, 5) is 0. The fourth-order valence-corrected chi connectivity index (χ4v) is 1.48. The summed E-state index contributed by atoms with van der Waals surface area (Å²) in [5, 5.41) is 0. The van der Waals surface area contributed by atoms with Gasteiger partial charge in [0.05, 0.1) is 12.4 Å². The van der Waals surface area contributed by atoms with Crippen LogP contribution in [0.25, 0.3) is 0 Å².